The molecule has 1 atom stereocenters. The maximum atomic E-state index is 11.3. The molecular formula is C9H10N2O3. The minimum absolute atomic E-state index is 0.379. The number of carbonyl (C=O) groups excluding carboxylic acids is 1. The average molecular weight is 194 g/mol. The van der Waals surface area contributed by atoms with Crippen LogP contribution in [0.3, 0.4) is 0 Å². The van der Waals surface area contributed by atoms with E-state index in [2.05, 4.69) is 5.32 Å². The molecule has 0 aliphatic rings. The van der Waals surface area contributed by atoms with E-state index in [1.54, 1.807) is 30.3 Å². The Balaban J connectivity index is 2.64. The van der Waals surface area contributed by atoms with Gasteiger partial charge in [0, 0.05) is 5.56 Å². The molecule has 0 heterocycles. The van der Waals surface area contributed by atoms with E-state index in [1.165, 1.54) is 0 Å². The number of hydrogen-bond acceptors (Lipinski definition) is 3. The number of carboxylic acids is 1. The van der Waals surface area contributed by atoms with Gasteiger partial charge in [-0.2, -0.15) is 0 Å². The molecule has 0 fully saturated rings. The Bertz CT molecular complexity index is 337. The van der Waals surface area contributed by atoms with Gasteiger partial charge in [0.1, 0.15) is 0 Å². The van der Waals surface area contributed by atoms with Crippen LogP contribution < -0.4 is 11.1 Å². The van der Waals surface area contributed by atoms with Crippen LogP contribution in [0.15, 0.2) is 30.3 Å². The number of benzene rings is 1. The maximum absolute atomic E-state index is 11.3. The lowest BCUT2D eigenvalue weighted by molar-refractivity contribution is -0.139. The summed E-state index contributed by atoms with van der Waals surface area (Å²) in [5.41, 5.74) is 5.50. The predicted octanol–water partition coefficient (Wildman–Crippen LogP) is -0.214. The molecule has 1 rings (SSSR count). The molecule has 0 unspecified atom stereocenters. The van der Waals surface area contributed by atoms with E-state index in [-0.39, 0.29) is 0 Å². The van der Waals surface area contributed by atoms with Crippen LogP contribution in [0, 0.1) is 0 Å². The van der Waals surface area contributed by atoms with Crippen LogP contribution in [0.25, 0.3) is 0 Å². The van der Waals surface area contributed by atoms with Crippen LogP contribution in [0.1, 0.15) is 10.4 Å². The smallest absolute Gasteiger partial charge is 0.341 e. The SMILES string of the molecule is N[C@H](NC(=O)c1ccccc1)C(=O)O. The third-order valence-electron chi connectivity index (χ3n) is 1.59. The van der Waals surface area contributed by atoms with Gasteiger partial charge in [-0.15, -0.1) is 0 Å². The first-order valence-corrected chi connectivity index (χ1v) is 3.95. The van der Waals surface area contributed by atoms with E-state index in [0.717, 1.165) is 0 Å². The first-order valence-electron chi connectivity index (χ1n) is 3.95. The van der Waals surface area contributed by atoms with Gasteiger partial charge in [-0.25, -0.2) is 4.79 Å². The number of nitrogens with two attached hydrogens (primary N) is 1. The van der Waals surface area contributed by atoms with Crippen molar-refractivity contribution in [2.45, 2.75) is 6.17 Å². The highest BCUT2D eigenvalue weighted by Gasteiger charge is 2.14. The first kappa shape index (κ1) is 10.2. The molecular weight excluding hydrogens is 184 g/mol. The van der Waals surface area contributed by atoms with Gasteiger partial charge < -0.3 is 16.2 Å². The summed E-state index contributed by atoms with van der Waals surface area (Å²) < 4.78 is 0. The third-order valence-corrected chi connectivity index (χ3v) is 1.59. The molecule has 0 spiro atoms. The standard InChI is InChI=1S/C9H10N2O3/c10-7(9(13)14)11-8(12)6-4-2-1-3-5-6/h1-5,7H,10H2,(H,11,12)(H,13,14)/t7-/m1/s1. The van der Waals surface area contributed by atoms with Crippen molar-refractivity contribution in [3.05, 3.63) is 35.9 Å². The Morgan fingerprint density at radius 2 is 1.86 bits per heavy atom. The highest BCUT2D eigenvalue weighted by molar-refractivity contribution is 5.96. The molecule has 5 nitrogen and oxygen atoms in total. The summed E-state index contributed by atoms with van der Waals surface area (Å²) in [6.45, 7) is 0. The van der Waals surface area contributed by atoms with Crippen molar-refractivity contribution in [1.82, 2.24) is 5.32 Å². The molecule has 1 aromatic rings. The van der Waals surface area contributed by atoms with E-state index < -0.39 is 18.0 Å². The van der Waals surface area contributed by atoms with Gasteiger partial charge in [0.2, 0.25) is 0 Å². The topological polar surface area (TPSA) is 92.4 Å². The third kappa shape index (κ3) is 2.56. The fourth-order valence-corrected chi connectivity index (χ4v) is 0.876. The molecule has 0 bridgehead atoms. The molecule has 0 aliphatic heterocycles. The fraction of sp³-hybridized carbons (Fsp3) is 0.111. The van der Waals surface area contributed by atoms with Gasteiger partial charge in [-0.3, -0.25) is 4.79 Å². The molecule has 0 aliphatic carbocycles. The van der Waals surface area contributed by atoms with Crippen LogP contribution in [0.5, 0.6) is 0 Å². The zero-order valence-corrected chi connectivity index (χ0v) is 7.31. The van der Waals surface area contributed by atoms with Gasteiger partial charge in [-0.1, -0.05) is 18.2 Å². The summed E-state index contributed by atoms with van der Waals surface area (Å²) in [5, 5.41) is 10.6. The molecule has 5 heteroatoms. The fourth-order valence-electron chi connectivity index (χ4n) is 0.876. The Morgan fingerprint density at radius 1 is 1.29 bits per heavy atom. The van der Waals surface area contributed by atoms with Gasteiger partial charge >= 0.3 is 5.97 Å². The number of nitrogens with one attached hydrogen (secondary N) is 1. The summed E-state index contributed by atoms with van der Waals surface area (Å²) in [5.74, 6) is -1.77. The molecule has 74 valence electrons. The normalized spacial score (nSPS) is 11.8. The zero-order valence-electron chi connectivity index (χ0n) is 7.31. The highest BCUT2D eigenvalue weighted by Crippen LogP contribution is 1.97. The molecule has 0 saturated carbocycles. The van der Waals surface area contributed by atoms with Crippen LogP contribution >= 0.6 is 0 Å². The number of hydrogen-bond donors (Lipinski definition) is 3. The minimum Gasteiger partial charge on any atom is -0.479 e. The van der Waals surface area contributed by atoms with Crippen LogP contribution in [0.2, 0.25) is 0 Å². The van der Waals surface area contributed by atoms with Gasteiger partial charge in [-0.05, 0) is 12.1 Å². The highest BCUT2D eigenvalue weighted by atomic mass is 16.4. The number of carboxylic acid groups (broad SMARTS) is 1. The second-order valence-corrected chi connectivity index (χ2v) is 2.66. The lowest BCUT2D eigenvalue weighted by Gasteiger charge is -2.08. The van der Waals surface area contributed by atoms with Crippen LogP contribution in [-0.2, 0) is 4.79 Å². The second-order valence-electron chi connectivity index (χ2n) is 2.66. The molecule has 0 radical (unpaired) electrons. The molecule has 1 aromatic carbocycles. The zero-order chi connectivity index (χ0) is 10.6. The van der Waals surface area contributed by atoms with Crippen molar-refractivity contribution >= 4 is 11.9 Å². The number of rotatable bonds is 3. The summed E-state index contributed by atoms with van der Waals surface area (Å²) in [6, 6.07) is 8.27. The maximum Gasteiger partial charge on any atom is 0.341 e. The molecule has 0 aromatic heterocycles. The monoisotopic (exact) mass is 194 g/mol. The molecule has 4 N–H and O–H groups in total. The van der Waals surface area contributed by atoms with E-state index in [4.69, 9.17) is 10.8 Å². The van der Waals surface area contributed by atoms with E-state index in [0.29, 0.717) is 5.56 Å². The Labute approximate surface area is 80.5 Å². The van der Waals surface area contributed by atoms with E-state index in [9.17, 15) is 9.59 Å². The molecule has 1 amide bonds. The van der Waals surface area contributed by atoms with Crippen molar-refractivity contribution in [3.8, 4) is 0 Å². The number of carbonyl (C=O) groups is 2. The van der Waals surface area contributed by atoms with E-state index in [1.807, 2.05) is 0 Å². The van der Waals surface area contributed by atoms with Crippen molar-refractivity contribution in [2.24, 2.45) is 5.73 Å². The quantitative estimate of drug-likeness (QED) is 0.580. The Hall–Kier alpha value is -1.88. The minimum atomic E-state index is -1.37. The largest absolute Gasteiger partial charge is 0.479 e. The van der Waals surface area contributed by atoms with Crippen LogP contribution in [-0.4, -0.2) is 23.1 Å². The van der Waals surface area contributed by atoms with Crippen molar-refractivity contribution in [1.29, 1.82) is 0 Å². The van der Waals surface area contributed by atoms with Gasteiger partial charge in [0.25, 0.3) is 5.91 Å². The average Bonchev–Trinajstić information content (AvgIpc) is 2.19. The first-order chi connectivity index (χ1) is 6.61. The second kappa shape index (κ2) is 4.38. The lowest BCUT2D eigenvalue weighted by atomic mass is 10.2. The summed E-state index contributed by atoms with van der Waals surface area (Å²) in [7, 11) is 0. The molecule has 14 heavy (non-hydrogen) atoms. The van der Waals surface area contributed by atoms with E-state index >= 15 is 0 Å². The van der Waals surface area contributed by atoms with Gasteiger partial charge in [0.05, 0.1) is 0 Å². The number of aliphatic carboxylic acids is 1. The Kier molecular flexibility index (Phi) is 3.19. The molecule has 0 saturated heterocycles. The summed E-state index contributed by atoms with van der Waals surface area (Å²) in [4.78, 5) is 21.6. The number of amides is 1. The Morgan fingerprint density at radius 3 is 2.36 bits per heavy atom. The summed E-state index contributed by atoms with van der Waals surface area (Å²) >= 11 is 0. The van der Waals surface area contributed by atoms with Gasteiger partial charge in [0.15, 0.2) is 6.17 Å². The lowest BCUT2D eigenvalue weighted by Crippen LogP contribution is -2.47. The summed E-state index contributed by atoms with van der Waals surface area (Å²) in [6.07, 6.45) is -1.37. The van der Waals surface area contributed by atoms with Crippen molar-refractivity contribution in [2.75, 3.05) is 0 Å². The van der Waals surface area contributed by atoms with Crippen molar-refractivity contribution in [3.63, 3.8) is 0 Å². The van der Waals surface area contributed by atoms with Crippen molar-refractivity contribution < 1.29 is 14.7 Å². The van der Waals surface area contributed by atoms with Crippen LogP contribution in [0.4, 0.5) is 0 Å². The predicted molar refractivity (Wildman–Crippen MR) is 49.5 cm³/mol.